The number of hydrogen-bond donors (Lipinski definition) is 2. The van der Waals surface area contributed by atoms with Crippen LogP contribution in [0.4, 0.5) is 5.69 Å². The Kier molecular flexibility index (Phi) is 4.08. The number of carbonyl (C=O) groups is 1. The van der Waals surface area contributed by atoms with E-state index in [1.54, 1.807) is 12.1 Å². The number of aromatic nitrogens is 2. The number of benzene rings is 1. The molecule has 0 bridgehead atoms. The lowest BCUT2D eigenvalue weighted by Gasteiger charge is -2.11. The van der Waals surface area contributed by atoms with Crippen molar-refractivity contribution in [2.24, 2.45) is 0 Å². The van der Waals surface area contributed by atoms with Crippen LogP contribution in [0, 0.1) is 13.8 Å². The molecule has 106 valence electrons. The molecule has 2 aromatic rings. The highest BCUT2D eigenvalue weighted by Gasteiger charge is 2.10. The third-order valence-corrected chi connectivity index (χ3v) is 3.41. The lowest BCUT2D eigenvalue weighted by Crippen LogP contribution is -2.06. The second-order valence-electron chi connectivity index (χ2n) is 4.73. The van der Waals surface area contributed by atoms with Gasteiger partial charge in [-0.15, -0.1) is 0 Å². The number of rotatable bonds is 5. The average Bonchev–Trinajstić information content (AvgIpc) is 2.78. The van der Waals surface area contributed by atoms with Gasteiger partial charge in [0.15, 0.2) is 0 Å². The lowest BCUT2D eigenvalue weighted by atomic mass is 10.1. The third kappa shape index (κ3) is 2.82. The van der Waals surface area contributed by atoms with Gasteiger partial charge in [-0.05, 0) is 38.5 Å². The van der Waals surface area contributed by atoms with E-state index in [1.807, 2.05) is 37.7 Å². The van der Waals surface area contributed by atoms with Gasteiger partial charge in [-0.25, -0.2) is 4.79 Å². The van der Waals surface area contributed by atoms with E-state index < -0.39 is 5.97 Å². The number of hydrogen-bond acceptors (Lipinski definition) is 3. The molecule has 0 saturated heterocycles. The second-order valence-corrected chi connectivity index (χ2v) is 4.73. The van der Waals surface area contributed by atoms with Crippen molar-refractivity contribution in [1.29, 1.82) is 0 Å². The summed E-state index contributed by atoms with van der Waals surface area (Å²) < 4.78 is 1.90. The summed E-state index contributed by atoms with van der Waals surface area (Å²) in [5.41, 5.74) is 4.03. The summed E-state index contributed by atoms with van der Waals surface area (Å²) in [5, 5.41) is 16.8. The van der Waals surface area contributed by atoms with Gasteiger partial charge in [0.2, 0.25) is 0 Å². The van der Waals surface area contributed by atoms with Crippen molar-refractivity contribution in [3.8, 4) is 0 Å². The molecule has 20 heavy (non-hydrogen) atoms. The first kappa shape index (κ1) is 14.1. The zero-order valence-corrected chi connectivity index (χ0v) is 12.0. The predicted octanol–water partition coefficient (Wildman–Crippen LogP) is 2.83. The van der Waals surface area contributed by atoms with Gasteiger partial charge in [-0.1, -0.05) is 6.07 Å². The molecule has 0 aliphatic carbocycles. The first-order valence-electron chi connectivity index (χ1n) is 6.62. The van der Waals surface area contributed by atoms with Gasteiger partial charge >= 0.3 is 5.97 Å². The molecule has 0 aliphatic rings. The molecule has 0 spiro atoms. The summed E-state index contributed by atoms with van der Waals surface area (Å²) in [6.07, 6.45) is 2.01. The second kappa shape index (κ2) is 5.77. The van der Waals surface area contributed by atoms with E-state index in [9.17, 15) is 4.79 Å². The van der Waals surface area contributed by atoms with Crippen LogP contribution in [0.25, 0.3) is 0 Å². The van der Waals surface area contributed by atoms with Crippen LogP contribution in [0.1, 0.15) is 34.1 Å². The zero-order valence-electron chi connectivity index (χ0n) is 12.0. The largest absolute Gasteiger partial charge is 0.478 e. The molecule has 1 heterocycles. The molecule has 0 aliphatic heterocycles. The maximum Gasteiger partial charge on any atom is 0.336 e. The smallest absolute Gasteiger partial charge is 0.336 e. The lowest BCUT2D eigenvalue weighted by molar-refractivity contribution is 0.0696. The van der Waals surface area contributed by atoms with E-state index in [2.05, 4.69) is 10.4 Å². The van der Waals surface area contributed by atoms with Crippen molar-refractivity contribution in [3.05, 3.63) is 46.8 Å². The number of aromatic carboxylic acids is 1. The van der Waals surface area contributed by atoms with Crippen molar-refractivity contribution >= 4 is 11.7 Å². The van der Waals surface area contributed by atoms with Crippen LogP contribution >= 0.6 is 0 Å². The van der Waals surface area contributed by atoms with Crippen molar-refractivity contribution in [2.75, 3.05) is 5.32 Å². The number of aryl methyl sites for hydroxylation is 2. The van der Waals surface area contributed by atoms with Gasteiger partial charge in [0.25, 0.3) is 0 Å². The summed E-state index contributed by atoms with van der Waals surface area (Å²) in [5.74, 6) is -0.902. The molecule has 0 radical (unpaired) electrons. The van der Waals surface area contributed by atoms with Crippen molar-refractivity contribution in [3.63, 3.8) is 0 Å². The standard InChI is InChI=1S/C15H19N3O2/c1-4-18-9-12(11(3)17-18)8-16-14-7-5-6-13(10(14)2)15(19)20/h5-7,9,16H,4,8H2,1-3H3,(H,19,20). The molecule has 1 aromatic carbocycles. The minimum atomic E-state index is -0.902. The summed E-state index contributed by atoms with van der Waals surface area (Å²) in [7, 11) is 0. The Balaban J connectivity index is 2.16. The SMILES string of the molecule is CCn1cc(CNc2cccc(C(=O)O)c2C)c(C)n1. The monoisotopic (exact) mass is 273 g/mol. The third-order valence-electron chi connectivity index (χ3n) is 3.41. The van der Waals surface area contributed by atoms with E-state index in [1.165, 1.54) is 0 Å². The minimum Gasteiger partial charge on any atom is -0.478 e. The molecule has 5 nitrogen and oxygen atoms in total. The van der Waals surface area contributed by atoms with E-state index >= 15 is 0 Å². The molecular weight excluding hydrogens is 254 g/mol. The predicted molar refractivity (Wildman–Crippen MR) is 78.1 cm³/mol. The Bertz CT molecular complexity index is 632. The highest BCUT2D eigenvalue weighted by Crippen LogP contribution is 2.20. The normalized spacial score (nSPS) is 10.6. The van der Waals surface area contributed by atoms with Crippen LogP contribution in [-0.4, -0.2) is 20.9 Å². The van der Waals surface area contributed by atoms with Gasteiger partial charge < -0.3 is 10.4 Å². The van der Waals surface area contributed by atoms with Crippen molar-refractivity contribution in [2.45, 2.75) is 33.9 Å². The fourth-order valence-corrected chi connectivity index (χ4v) is 2.14. The fourth-order valence-electron chi connectivity index (χ4n) is 2.14. The van der Waals surface area contributed by atoms with E-state index in [0.717, 1.165) is 29.1 Å². The van der Waals surface area contributed by atoms with Gasteiger partial charge in [0.05, 0.1) is 11.3 Å². The topological polar surface area (TPSA) is 67.2 Å². The van der Waals surface area contributed by atoms with Gasteiger partial charge in [0, 0.05) is 30.5 Å². The van der Waals surface area contributed by atoms with Crippen molar-refractivity contribution < 1.29 is 9.90 Å². The van der Waals surface area contributed by atoms with Crippen LogP contribution in [0.2, 0.25) is 0 Å². The van der Waals surface area contributed by atoms with E-state index in [-0.39, 0.29) is 0 Å². The number of nitrogens with one attached hydrogen (secondary N) is 1. The Morgan fingerprint density at radius 2 is 2.15 bits per heavy atom. The molecule has 0 unspecified atom stereocenters. The van der Waals surface area contributed by atoms with Crippen molar-refractivity contribution in [1.82, 2.24) is 9.78 Å². The minimum absolute atomic E-state index is 0.330. The zero-order chi connectivity index (χ0) is 14.7. The van der Waals surface area contributed by atoms with Crippen LogP contribution in [0.5, 0.6) is 0 Å². The molecule has 0 saturated carbocycles. The molecule has 0 amide bonds. The molecule has 5 heteroatoms. The van der Waals surface area contributed by atoms with E-state index in [0.29, 0.717) is 12.1 Å². The quantitative estimate of drug-likeness (QED) is 0.879. The van der Waals surface area contributed by atoms with Gasteiger partial charge in [0.1, 0.15) is 0 Å². The molecular formula is C15H19N3O2. The van der Waals surface area contributed by atoms with Crippen LogP contribution in [0.3, 0.4) is 0 Å². The average molecular weight is 273 g/mol. The van der Waals surface area contributed by atoms with Crippen LogP contribution < -0.4 is 5.32 Å². The number of carboxylic acid groups (broad SMARTS) is 1. The Hall–Kier alpha value is -2.30. The first-order chi connectivity index (χ1) is 9.52. The molecule has 0 fully saturated rings. The van der Waals surface area contributed by atoms with Gasteiger partial charge in [-0.3, -0.25) is 4.68 Å². The molecule has 2 rings (SSSR count). The number of nitrogens with zero attached hydrogens (tertiary/aromatic N) is 2. The Morgan fingerprint density at radius 1 is 1.40 bits per heavy atom. The summed E-state index contributed by atoms with van der Waals surface area (Å²) in [4.78, 5) is 11.1. The van der Waals surface area contributed by atoms with Crippen LogP contribution in [-0.2, 0) is 13.1 Å². The Morgan fingerprint density at radius 3 is 2.75 bits per heavy atom. The molecule has 1 aromatic heterocycles. The Labute approximate surface area is 118 Å². The molecule has 2 N–H and O–H groups in total. The maximum atomic E-state index is 11.1. The molecule has 0 atom stereocenters. The number of carboxylic acids is 1. The summed E-state index contributed by atoms with van der Waals surface area (Å²) in [6, 6.07) is 5.26. The fraction of sp³-hybridized carbons (Fsp3) is 0.333. The number of anilines is 1. The van der Waals surface area contributed by atoms with Crippen LogP contribution in [0.15, 0.2) is 24.4 Å². The van der Waals surface area contributed by atoms with E-state index in [4.69, 9.17) is 5.11 Å². The summed E-state index contributed by atoms with van der Waals surface area (Å²) >= 11 is 0. The maximum absolute atomic E-state index is 11.1. The van der Waals surface area contributed by atoms with Gasteiger partial charge in [-0.2, -0.15) is 5.10 Å². The first-order valence-corrected chi connectivity index (χ1v) is 6.62. The highest BCUT2D eigenvalue weighted by atomic mass is 16.4. The summed E-state index contributed by atoms with van der Waals surface area (Å²) in [6.45, 7) is 7.31. The highest BCUT2D eigenvalue weighted by molar-refractivity contribution is 5.91.